The van der Waals surface area contributed by atoms with E-state index in [0.717, 1.165) is 69.7 Å². The summed E-state index contributed by atoms with van der Waals surface area (Å²) in [5.41, 5.74) is 14.6. The van der Waals surface area contributed by atoms with Crippen LogP contribution in [-0.4, -0.2) is 21.1 Å². The van der Waals surface area contributed by atoms with Gasteiger partial charge in [-0.2, -0.15) is 0 Å². The molecule has 0 amide bonds. The second-order valence-corrected chi connectivity index (χ2v) is 7.44. The zero-order valence-electron chi connectivity index (χ0n) is 15.9. The zero-order valence-corrected chi connectivity index (χ0v) is 17.5. The van der Waals surface area contributed by atoms with E-state index in [4.69, 9.17) is 15.5 Å². The van der Waals surface area contributed by atoms with Crippen LogP contribution in [0.4, 0.5) is 0 Å². The highest BCUT2D eigenvalue weighted by Gasteiger charge is 2.18. The van der Waals surface area contributed by atoms with E-state index in [1.165, 1.54) is 0 Å². The zero-order chi connectivity index (χ0) is 19.4. The minimum absolute atomic E-state index is 0.472. The second kappa shape index (κ2) is 8.55. The Morgan fingerprint density at radius 3 is 2.56 bits per heavy atom. The van der Waals surface area contributed by atoms with E-state index in [-0.39, 0.29) is 0 Å². The summed E-state index contributed by atoms with van der Waals surface area (Å²) >= 11 is 3.64. The van der Waals surface area contributed by atoms with Crippen molar-refractivity contribution >= 4 is 27.1 Å². The van der Waals surface area contributed by atoms with Crippen LogP contribution in [0.5, 0.6) is 0 Å². The third-order valence-electron chi connectivity index (χ3n) is 4.71. The Morgan fingerprint density at radius 2 is 1.89 bits per heavy atom. The predicted molar refractivity (Wildman–Crippen MR) is 112 cm³/mol. The lowest BCUT2D eigenvalue weighted by Gasteiger charge is -2.10. The van der Waals surface area contributed by atoms with Gasteiger partial charge in [0, 0.05) is 28.0 Å². The molecule has 7 heteroatoms. The highest BCUT2D eigenvalue weighted by atomic mass is 79.9. The van der Waals surface area contributed by atoms with Gasteiger partial charge in [0.1, 0.15) is 11.3 Å². The number of benzene rings is 1. The summed E-state index contributed by atoms with van der Waals surface area (Å²) in [4.78, 5) is 12.6. The molecule has 0 aliphatic rings. The summed E-state index contributed by atoms with van der Waals surface area (Å²) in [5.74, 6) is 1.04. The van der Waals surface area contributed by atoms with Gasteiger partial charge in [0.2, 0.25) is 0 Å². The van der Waals surface area contributed by atoms with Gasteiger partial charge in [-0.05, 0) is 71.4 Å². The van der Waals surface area contributed by atoms with Gasteiger partial charge in [-0.15, -0.1) is 0 Å². The van der Waals surface area contributed by atoms with Gasteiger partial charge in [-0.25, -0.2) is 9.97 Å². The maximum Gasteiger partial charge on any atom is 0.165 e. The number of rotatable bonds is 7. The van der Waals surface area contributed by atoms with Crippen molar-refractivity contribution in [1.29, 1.82) is 0 Å². The van der Waals surface area contributed by atoms with Gasteiger partial charge >= 0.3 is 0 Å². The molecule has 27 heavy (non-hydrogen) atoms. The lowest BCUT2D eigenvalue weighted by atomic mass is 10.1. The molecule has 0 spiro atoms. The van der Waals surface area contributed by atoms with Crippen LogP contribution in [0.25, 0.3) is 27.3 Å². The van der Waals surface area contributed by atoms with Crippen LogP contribution in [0.3, 0.4) is 0 Å². The molecule has 1 aromatic carbocycles. The number of fused-ring (bicyclic) bond motifs is 1. The Hall–Kier alpha value is -2.37. The molecule has 2 heterocycles. The van der Waals surface area contributed by atoms with Crippen LogP contribution in [0, 0.1) is 13.8 Å². The summed E-state index contributed by atoms with van der Waals surface area (Å²) in [6, 6.07) is 8.35. The molecule has 0 aliphatic heterocycles. The molecule has 3 aromatic rings. The smallest absolute Gasteiger partial charge is 0.165 e. The quantitative estimate of drug-likeness (QED) is 0.264. The van der Waals surface area contributed by atoms with Gasteiger partial charge in [-0.3, -0.25) is 4.57 Å². The van der Waals surface area contributed by atoms with E-state index in [1.807, 2.05) is 6.92 Å². The molecule has 0 atom stereocenters. The van der Waals surface area contributed by atoms with E-state index in [0.29, 0.717) is 6.54 Å². The van der Waals surface area contributed by atoms with E-state index in [9.17, 15) is 0 Å². The molecule has 6 nitrogen and oxygen atoms in total. The molecule has 0 saturated heterocycles. The number of imidazole rings is 1. The molecule has 140 valence electrons. The summed E-state index contributed by atoms with van der Waals surface area (Å²) in [7, 11) is 0. The SMILES string of the molecule is CCCCc1nc2c(C)c(Br)c(C)nc2n1-c1ccc(CCN=[N+]=[N-])cc1. The van der Waals surface area contributed by atoms with Gasteiger partial charge < -0.3 is 0 Å². The molecule has 0 N–H and O–H groups in total. The fraction of sp³-hybridized carbons (Fsp3) is 0.400. The first-order chi connectivity index (χ1) is 13.1. The fourth-order valence-electron chi connectivity index (χ4n) is 3.20. The topological polar surface area (TPSA) is 79.5 Å². The number of aromatic nitrogens is 3. The van der Waals surface area contributed by atoms with E-state index in [2.05, 4.69) is 68.6 Å². The summed E-state index contributed by atoms with van der Waals surface area (Å²) < 4.78 is 3.20. The van der Waals surface area contributed by atoms with Crippen molar-refractivity contribution in [1.82, 2.24) is 14.5 Å². The highest BCUT2D eigenvalue weighted by molar-refractivity contribution is 9.10. The average Bonchev–Trinajstić information content (AvgIpc) is 3.03. The molecule has 3 rings (SSSR count). The third-order valence-corrected chi connectivity index (χ3v) is 5.88. The number of hydrogen-bond donors (Lipinski definition) is 0. The Morgan fingerprint density at radius 1 is 1.15 bits per heavy atom. The Kier molecular flexibility index (Phi) is 6.14. The summed E-state index contributed by atoms with van der Waals surface area (Å²) in [5, 5.41) is 3.61. The monoisotopic (exact) mass is 426 g/mol. The predicted octanol–water partition coefficient (Wildman–Crippen LogP) is 6.00. The minimum atomic E-state index is 0.472. The van der Waals surface area contributed by atoms with Crippen molar-refractivity contribution in [2.24, 2.45) is 5.11 Å². The number of hydrogen-bond acceptors (Lipinski definition) is 3. The molecule has 0 aliphatic carbocycles. The Bertz CT molecular complexity index is 1000. The minimum Gasteiger partial charge on any atom is -0.281 e. The van der Waals surface area contributed by atoms with Crippen molar-refractivity contribution in [3.8, 4) is 5.69 Å². The number of nitrogens with zero attached hydrogens (tertiary/aromatic N) is 6. The molecular formula is C20H23BrN6. The normalized spacial score (nSPS) is 11.0. The van der Waals surface area contributed by atoms with Gasteiger partial charge in [0.15, 0.2) is 5.65 Å². The van der Waals surface area contributed by atoms with E-state index < -0.39 is 0 Å². The maximum absolute atomic E-state index is 8.42. The molecule has 0 unspecified atom stereocenters. The number of azide groups is 1. The summed E-state index contributed by atoms with van der Waals surface area (Å²) in [6.07, 6.45) is 3.87. The van der Waals surface area contributed by atoms with Crippen LogP contribution in [0.1, 0.15) is 42.4 Å². The average molecular weight is 427 g/mol. The van der Waals surface area contributed by atoms with Crippen molar-refractivity contribution in [3.05, 3.63) is 61.8 Å². The van der Waals surface area contributed by atoms with Crippen LogP contribution in [0.2, 0.25) is 0 Å². The Labute approximate surface area is 167 Å². The van der Waals surface area contributed by atoms with Crippen molar-refractivity contribution < 1.29 is 0 Å². The van der Waals surface area contributed by atoms with Crippen LogP contribution < -0.4 is 0 Å². The lowest BCUT2D eigenvalue weighted by molar-refractivity contribution is 0.742. The largest absolute Gasteiger partial charge is 0.281 e. The summed E-state index contributed by atoms with van der Waals surface area (Å²) in [6.45, 7) is 6.76. The highest BCUT2D eigenvalue weighted by Crippen LogP contribution is 2.29. The maximum atomic E-state index is 8.42. The van der Waals surface area contributed by atoms with E-state index in [1.54, 1.807) is 0 Å². The molecule has 0 bridgehead atoms. The van der Waals surface area contributed by atoms with Crippen LogP contribution >= 0.6 is 15.9 Å². The van der Waals surface area contributed by atoms with E-state index >= 15 is 0 Å². The van der Waals surface area contributed by atoms with Crippen molar-refractivity contribution in [3.63, 3.8) is 0 Å². The fourth-order valence-corrected chi connectivity index (χ4v) is 3.48. The van der Waals surface area contributed by atoms with Crippen molar-refractivity contribution in [2.45, 2.75) is 46.5 Å². The first-order valence-electron chi connectivity index (χ1n) is 9.21. The molecule has 0 radical (unpaired) electrons. The lowest BCUT2D eigenvalue weighted by Crippen LogP contribution is -2.03. The third kappa shape index (κ3) is 3.99. The van der Waals surface area contributed by atoms with Gasteiger partial charge in [0.05, 0.1) is 5.69 Å². The van der Waals surface area contributed by atoms with Crippen LogP contribution in [-0.2, 0) is 12.8 Å². The second-order valence-electron chi connectivity index (χ2n) is 6.65. The Balaban J connectivity index is 2.09. The van der Waals surface area contributed by atoms with Gasteiger partial charge in [-0.1, -0.05) is 30.6 Å². The van der Waals surface area contributed by atoms with Crippen LogP contribution in [0.15, 0.2) is 33.9 Å². The number of aryl methyl sites for hydroxylation is 3. The molecule has 0 fully saturated rings. The first-order valence-corrected chi connectivity index (χ1v) is 10.00. The molecular weight excluding hydrogens is 404 g/mol. The van der Waals surface area contributed by atoms with Crippen molar-refractivity contribution in [2.75, 3.05) is 6.54 Å². The standard InChI is InChI=1S/C20H23BrN6/c1-4-5-6-17-25-19-13(2)18(21)14(3)24-20(19)27(17)16-9-7-15(8-10-16)11-12-23-26-22/h7-10H,4-6,11-12H2,1-3H3. The number of halogens is 1. The number of pyridine rings is 1. The first kappa shape index (κ1) is 19.4. The number of unbranched alkanes of at least 4 members (excludes halogenated alkanes) is 1. The van der Waals surface area contributed by atoms with Gasteiger partial charge in [0.25, 0.3) is 0 Å². The molecule has 0 saturated carbocycles. The molecule has 2 aromatic heterocycles.